The van der Waals surface area contributed by atoms with E-state index in [2.05, 4.69) is 5.32 Å². The zero-order chi connectivity index (χ0) is 10.1. The van der Waals surface area contributed by atoms with Crippen LogP contribution in [-0.4, -0.2) is 12.7 Å². The molecule has 2 rings (SSSR count). The summed E-state index contributed by atoms with van der Waals surface area (Å²) in [7, 11) is 0. The number of ether oxygens (including phenoxy) is 1. The van der Waals surface area contributed by atoms with Crippen molar-refractivity contribution in [3.05, 3.63) is 35.1 Å². The van der Waals surface area contributed by atoms with Gasteiger partial charge in [0.05, 0.1) is 6.04 Å². The minimum atomic E-state index is -0.447. The Labute approximate surface area is 80.9 Å². The van der Waals surface area contributed by atoms with Crippen molar-refractivity contribution in [1.82, 2.24) is 5.32 Å². The Kier molecular flexibility index (Phi) is 2.11. The van der Waals surface area contributed by atoms with Crippen molar-refractivity contribution in [2.75, 3.05) is 6.61 Å². The molecular formula is C10H10FNO2. The Morgan fingerprint density at radius 3 is 2.86 bits per heavy atom. The average Bonchev–Trinajstić information content (AvgIpc) is 2.50. The number of carbonyl (C=O) groups excluding carboxylic acids is 1. The summed E-state index contributed by atoms with van der Waals surface area (Å²) in [5.41, 5.74) is 1.58. The molecule has 1 heterocycles. The van der Waals surface area contributed by atoms with Gasteiger partial charge in [-0.25, -0.2) is 9.18 Å². The van der Waals surface area contributed by atoms with Gasteiger partial charge in [-0.3, -0.25) is 0 Å². The fourth-order valence-corrected chi connectivity index (χ4v) is 1.53. The Balaban J connectivity index is 2.27. The van der Waals surface area contributed by atoms with Crippen molar-refractivity contribution in [3.8, 4) is 0 Å². The summed E-state index contributed by atoms with van der Waals surface area (Å²) in [5, 5.41) is 2.60. The summed E-state index contributed by atoms with van der Waals surface area (Å²) in [6.45, 7) is 2.08. The molecule has 1 N–H and O–H groups in total. The Bertz CT molecular complexity index is 358. The molecule has 74 valence electrons. The topological polar surface area (TPSA) is 38.3 Å². The highest BCUT2D eigenvalue weighted by atomic mass is 19.1. The normalized spacial score (nSPS) is 20.4. The lowest BCUT2D eigenvalue weighted by Gasteiger charge is -2.08. The Morgan fingerprint density at radius 1 is 1.50 bits per heavy atom. The van der Waals surface area contributed by atoms with Crippen molar-refractivity contribution < 1.29 is 13.9 Å². The van der Waals surface area contributed by atoms with Crippen LogP contribution in [0.1, 0.15) is 17.2 Å². The third-order valence-corrected chi connectivity index (χ3v) is 2.14. The van der Waals surface area contributed by atoms with Gasteiger partial charge < -0.3 is 10.1 Å². The maximum absolute atomic E-state index is 13.0. The van der Waals surface area contributed by atoms with Gasteiger partial charge in [0.1, 0.15) is 12.4 Å². The van der Waals surface area contributed by atoms with E-state index in [1.54, 1.807) is 0 Å². The van der Waals surface area contributed by atoms with Crippen LogP contribution in [0.5, 0.6) is 0 Å². The molecule has 3 nitrogen and oxygen atoms in total. The standard InChI is InChI=1S/C10H10FNO2/c1-6-2-7(4-8(11)3-6)9-5-14-10(13)12-9/h2-4,9H,5H2,1H3,(H,12,13)/t9-/m0/s1. The van der Waals surface area contributed by atoms with Crippen molar-refractivity contribution in [2.45, 2.75) is 13.0 Å². The Hall–Kier alpha value is -1.58. The van der Waals surface area contributed by atoms with E-state index in [-0.39, 0.29) is 18.5 Å². The molecule has 14 heavy (non-hydrogen) atoms. The largest absolute Gasteiger partial charge is 0.447 e. The number of nitrogens with one attached hydrogen (secondary N) is 1. The fraction of sp³-hybridized carbons (Fsp3) is 0.300. The molecule has 1 saturated heterocycles. The van der Waals surface area contributed by atoms with E-state index < -0.39 is 6.09 Å². The molecule has 0 bridgehead atoms. The van der Waals surface area contributed by atoms with Crippen molar-refractivity contribution in [3.63, 3.8) is 0 Å². The van der Waals surface area contributed by atoms with Crippen LogP contribution in [0, 0.1) is 12.7 Å². The Morgan fingerprint density at radius 2 is 2.29 bits per heavy atom. The first-order valence-electron chi connectivity index (χ1n) is 4.35. The van der Waals surface area contributed by atoms with Crippen molar-refractivity contribution >= 4 is 6.09 Å². The number of carbonyl (C=O) groups is 1. The average molecular weight is 195 g/mol. The summed E-state index contributed by atoms with van der Waals surface area (Å²) in [4.78, 5) is 10.8. The predicted octanol–water partition coefficient (Wildman–Crippen LogP) is 1.92. The molecule has 0 aliphatic carbocycles. The van der Waals surface area contributed by atoms with E-state index in [1.807, 2.05) is 13.0 Å². The molecule has 1 amide bonds. The number of aryl methyl sites for hydroxylation is 1. The first-order chi connectivity index (χ1) is 6.65. The van der Waals surface area contributed by atoms with E-state index in [0.29, 0.717) is 0 Å². The smallest absolute Gasteiger partial charge is 0.407 e. The second-order valence-electron chi connectivity index (χ2n) is 3.36. The lowest BCUT2D eigenvalue weighted by Crippen LogP contribution is -2.18. The van der Waals surface area contributed by atoms with Gasteiger partial charge in [0, 0.05) is 0 Å². The molecule has 1 aromatic rings. The number of rotatable bonds is 1. The molecule has 4 heteroatoms. The van der Waals surface area contributed by atoms with Gasteiger partial charge in [0.25, 0.3) is 0 Å². The van der Waals surface area contributed by atoms with Gasteiger partial charge in [0.15, 0.2) is 0 Å². The monoisotopic (exact) mass is 195 g/mol. The van der Waals surface area contributed by atoms with Crippen LogP contribution in [0.25, 0.3) is 0 Å². The lowest BCUT2D eigenvalue weighted by molar-refractivity contribution is 0.177. The van der Waals surface area contributed by atoms with Gasteiger partial charge in [0.2, 0.25) is 0 Å². The van der Waals surface area contributed by atoms with E-state index in [1.165, 1.54) is 12.1 Å². The van der Waals surface area contributed by atoms with Crippen molar-refractivity contribution in [1.29, 1.82) is 0 Å². The molecule has 0 spiro atoms. The van der Waals surface area contributed by atoms with Crippen LogP contribution >= 0.6 is 0 Å². The van der Waals surface area contributed by atoms with Gasteiger partial charge in [-0.15, -0.1) is 0 Å². The number of cyclic esters (lactones) is 1. The zero-order valence-electron chi connectivity index (χ0n) is 7.71. The van der Waals surface area contributed by atoms with Gasteiger partial charge in [-0.1, -0.05) is 6.07 Å². The summed E-state index contributed by atoms with van der Waals surface area (Å²) in [5.74, 6) is -0.291. The maximum Gasteiger partial charge on any atom is 0.407 e. The highest BCUT2D eigenvalue weighted by molar-refractivity contribution is 5.70. The van der Waals surface area contributed by atoms with Gasteiger partial charge in [-0.05, 0) is 30.2 Å². The first kappa shape index (κ1) is 8.99. The highest BCUT2D eigenvalue weighted by Crippen LogP contribution is 2.20. The third-order valence-electron chi connectivity index (χ3n) is 2.14. The predicted molar refractivity (Wildman–Crippen MR) is 48.4 cm³/mol. The molecule has 0 aromatic heterocycles. The van der Waals surface area contributed by atoms with Crippen molar-refractivity contribution in [2.24, 2.45) is 0 Å². The second-order valence-corrected chi connectivity index (χ2v) is 3.36. The number of alkyl carbamates (subject to hydrolysis) is 1. The SMILES string of the molecule is Cc1cc(F)cc([C@@H]2COC(=O)N2)c1. The third kappa shape index (κ3) is 1.69. The number of hydrogen-bond donors (Lipinski definition) is 1. The minimum absolute atomic E-state index is 0.225. The van der Waals surface area contributed by atoms with Crippen LogP contribution in [0.3, 0.4) is 0 Å². The minimum Gasteiger partial charge on any atom is -0.447 e. The molecule has 1 aliphatic rings. The molecule has 1 aromatic carbocycles. The van der Waals surface area contributed by atoms with Gasteiger partial charge in [-0.2, -0.15) is 0 Å². The summed E-state index contributed by atoms with van der Waals surface area (Å²) >= 11 is 0. The van der Waals surface area contributed by atoms with Crippen LogP contribution in [0.4, 0.5) is 9.18 Å². The molecule has 0 unspecified atom stereocenters. The van der Waals surface area contributed by atoms with E-state index in [9.17, 15) is 9.18 Å². The number of halogens is 1. The van der Waals surface area contributed by atoms with Crippen LogP contribution < -0.4 is 5.32 Å². The fourth-order valence-electron chi connectivity index (χ4n) is 1.53. The molecular weight excluding hydrogens is 185 g/mol. The highest BCUT2D eigenvalue weighted by Gasteiger charge is 2.23. The molecule has 1 aliphatic heterocycles. The van der Waals surface area contributed by atoms with Crippen LogP contribution in [-0.2, 0) is 4.74 Å². The van der Waals surface area contributed by atoms with E-state index >= 15 is 0 Å². The second kappa shape index (κ2) is 3.29. The van der Waals surface area contributed by atoms with E-state index in [0.717, 1.165) is 11.1 Å². The first-order valence-corrected chi connectivity index (χ1v) is 4.35. The lowest BCUT2D eigenvalue weighted by atomic mass is 10.1. The molecule has 0 radical (unpaired) electrons. The summed E-state index contributed by atoms with van der Waals surface area (Å²) in [6, 6.07) is 4.47. The van der Waals surface area contributed by atoms with E-state index in [4.69, 9.17) is 4.74 Å². The molecule has 1 fully saturated rings. The molecule has 1 atom stereocenters. The number of amides is 1. The van der Waals surface area contributed by atoms with Crippen LogP contribution in [0.2, 0.25) is 0 Å². The number of hydrogen-bond acceptors (Lipinski definition) is 2. The number of benzene rings is 1. The van der Waals surface area contributed by atoms with Crippen LogP contribution in [0.15, 0.2) is 18.2 Å². The van der Waals surface area contributed by atoms with Gasteiger partial charge >= 0.3 is 6.09 Å². The zero-order valence-corrected chi connectivity index (χ0v) is 7.71. The molecule has 0 saturated carbocycles. The maximum atomic E-state index is 13.0. The summed E-state index contributed by atoms with van der Waals surface area (Å²) in [6.07, 6.45) is -0.447. The quantitative estimate of drug-likeness (QED) is 0.743. The summed E-state index contributed by atoms with van der Waals surface area (Å²) < 4.78 is 17.8.